The lowest BCUT2D eigenvalue weighted by Gasteiger charge is -2.26. The zero-order valence-electron chi connectivity index (χ0n) is 11.9. The molecule has 0 spiro atoms. The van der Waals surface area contributed by atoms with Gasteiger partial charge < -0.3 is 19.6 Å². The standard InChI is InChI=1S/C15H13NO5S/c1-7-6-8-10(15(18)20-7)11(9-4-3-5-22-9)12(13(16)21-8)14(17)19-2/h3-6,11H,16H2,1-2H3. The summed E-state index contributed by atoms with van der Waals surface area (Å²) >= 11 is 1.41. The summed E-state index contributed by atoms with van der Waals surface area (Å²) in [5.41, 5.74) is 5.70. The topological polar surface area (TPSA) is 91.8 Å². The van der Waals surface area contributed by atoms with Gasteiger partial charge >= 0.3 is 11.6 Å². The summed E-state index contributed by atoms with van der Waals surface area (Å²) in [4.78, 5) is 25.2. The molecule has 0 aromatic carbocycles. The van der Waals surface area contributed by atoms with E-state index in [0.29, 0.717) is 11.5 Å². The minimum atomic E-state index is -0.659. The van der Waals surface area contributed by atoms with Gasteiger partial charge in [0.15, 0.2) is 0 Å². The van der Waals surface area contributed by atoms with Crippen molar-refractivity contribution in [3.05, 3.63) is 61.7 Å². The average molecular weight is 319 g/mol. The lowest BCUT2D eigenvalue weighted by Crippen LogP contribution is -2.30. The van der Waals surface area contributed by atoms with Gasteiger partial charge in [-0.15, -0.1) is 11.3 Å². The van der Waals surface area contributed by atoms with Gasteiger partial charge in [-0.1, -0.05) is 6.07 Å². The van der Waals surface area contributed by atoms with E-state index in [9.17, 15) is 9.59 Å². The Hall–Kier alpha value is -2.54. The summed E-state index contributed by atoms with van der Waals surface area (Å²) in [6, 6.07) is 5.23. The van der Waals surface area contributed by atoms with Gasteiger partial charge in [0.1, 0.15) is 17.1 Å². The molecule has 114 valence electrons. The molecule has 7 heteroatoms. The highest BCUT2D eigenvalue weighted by Gasteiger charge is 2.38. The van der Waals surface area contributed by atoms with Crippen molar-refractivity contribution < 1.29 is 18.7 Å². The Morgan fingerprint density at radius 2 is 2.23 bits per heavy atom. The van der Waals surface area contributed by atoms with Crippen LogP contribution in [0.3, 0.4) is 0 Å². The molecule has 0 radical (unpaired) electrons. The molecule has 3 heterocycles. The number of methoxy groups -OCH3 is 1. The van der Waals surface area contributed by atoms with Crippen LogP contribution in [-0.2, 0) is 9.53 Å². The van der Waals surface area contributed by atoms with E-state index in [4.69, 9.17) is 19.6 Å². The highest BCUT2D eigenvalue weighted by Crippen LogP contribution is 2.42. The normalized spacial score (nSPS) is 16.9. The fourth-order valence-electron chi connectivity index (χ4n) is 2.47. The van der Waals surface area contributed by atoms with Crippen molar-refractivity contribution in [2.45, 2.75) is 12.8 Å². The maximum absolute atomic E-state index is 12.3. The molecular weight excluding hydrogens is 306 g/mol. The largest absolute Gasteiger partial charge is 0.465 e. The zero-order valence-corrected chi connectivity index (χ0v) is 12.7. The first kappa shape index (κ1) is 14.4. The van der Waals surface area contributed by atoms with Crippen LogP contribution in [0.1, 0.15) is 22.1 Å². The smallest absolute Gasteiger partial charge is 0.343 e. The minimum Gasteiger partial charge on any atom is -0.465 e. The van der Waals surface area contributed by atoms with Crippen molar-refractivity contribution in [2.75, 3.05) is 7.11 Å². The van der Waals surface area contributed by atoms with E-state index >= 15 is 0 Å². The van der Waals surface area contributed by atoms with Crippen molar-refractivity contribution in [1.82, 2.24) is 0 Å². The van der Waals surface area contributed by atoms with E-state index in [2.05, 4.69) is 0 Å². The number of esters is 1. The summed E-state index contributed by atoms with van der Waals surface area (Å²) in [5.74, 6) is -0.655. The molecule has 2 aromatic rings. The van der Waals surface area contributed by atoms with Gasteiger partial charge in [0.05, 0.1) is 18.6 Å². The Bertz CT molecular complexity index is 819. The summed E-state index contributed by atoms with van der Waals surface area (Å²) in [6.07, 6.45) is 0. The molecule has 6 nitrogen and oxygen atoms in total. The van der Waals surface area contributed by atoms with Crippen LogP contribution in [-0.4, -0.2) is 13.1 Å². The number of carbonyl (C=O) groups excluding carboxylic acids is 1. The molecule has 0 saturated heterocycles. The summed E-state index contributed by atoms with van der Waals surface area (Å²) < 4.78 is 15.4. The monoisotopic (exact) mass is 319 g/mol. The third-order valence-corrected chi connectivity index (χ3v) is 4.31. The number of hydrogen-bond acceptors (Lipinski definition) is 7. The van der Waals surface area contributed by atoms with Gasteiger partial charge in [-0.2, -0.15) is 0 Å². The molecule has 1 unspecified atom stereocenters. The molecule has 2 aromatic heterocycles. The van der Waals surface area contributed by atoms with Gasteiger partial charge in [-0.25, -0.2) is 9.59 Å². The number of rotatable bonds is 2. The van der Waals surface area contributed by atoms with E-state index in [-0.39, 0.29) is 17.0 Å². The quantitative estimate of drug-likeness (QED) is 0.850. The highest BCUT2D eigenvalue weighted by atomic mass is 32.1. The van der Waals surface area contributed by atoms with E-state index in [1.54, 1.807) is 13.0 Å². The van der Waals surface area contributed by atoms with Crippen LogP contribution in [0.5, 0.6) is 5.75 Å². The second-order valence-electron chi connectivity index (χ2n) is 4.74. The van der Waals surface area contributed by atoms with Gasteiger partial charge in [-0.3, -0.25) is 0 Å². The lowest BCUT2D eigenvalue weighted by atomic mass is 9.88. The van der Waals surface area contributed by atoms with Crippen LogP contribution in [0.4, 0.5) is 0 Å². The van der Waals surface area contributed by atoms with Crippen LogP contribution in [0.2, 0.25) is 0 Å². The van der Waals surface area contributed by atoms with Gasteiger partial charge in [0, 0.05) is 10.9 Å². The van der Waals surface area contributed by atoms with Gasteiger partial charge in [0.25, 0.3) is 0 Å². The summed E-state index contributed by atoms with van der Waals surface area (Å²) in [5, 5.41) is 1.85. The van der Waals surface area contributed by atoms with Crippen LogP contribution in [0, 0.1) is 6.92 Å². The molecule has 1 aliphatic rings. The van der Waals surface area contributed by atoms with Crippen LogP contribution in [0.15, 0.2) is 44.2 Å². The summed E-state index contributed by atoms with van der Waals surface area (Å²) in [6.45, 7) is 1.64. The number of hydrogen-bond donors (Lipinski definition) is 1. The van der Waals surface area contributed by atoms with Crippen molar-refractivity contribution in [3.8, 4) is 5.75 Å². The number of carbonyl (C=O) groups is 1. The molecule has 0 fully saturated rings. The van der Waals surface area contributed by atoms with Crippen molar-refractivity contribution in [3.63, 3.8) is 0 Å². The number of aryl methyl sites for hydroxylation is 1. The third-order valence-electron chi connectivity index (χ3n) is 3.37. The van der Waals surface area contributed by atoms with E-state index in [0.717, 1.165) is 4.88 Å². The number of fused-ring (bicyclic) bond motifs is 1. The van der Waals surface area contributed by atoms with Crippen LogP contribution >= 0.6 is 11.3 Å². The number of ether oxygens (including phenoxy) is 2. The molecule has 0 saturated carbocycles. The first-order chi connectivity index (χ1) is 10.5. The van der Waals surface area contributed by atoms with Gasteiger partial charge in [-0.05, 0) is 18.4 Å². The molecule has 22 heavy (non-hydrogen) atoms. The predicted octanol–water partition coefficient (Wildman–Crippen LogP) is 1.88. The molecule has 2 N–H and O–H groups in total. The Balaban J connectivity index is 2.30. The fourth-order valence-corrected chi connectivity index (χ4v) is 3.31. The first-order valence-electron chi connectivity index (χ1n) is 6.46. The van der Waals surface area contributed by atoms with Crippen molar-refractivity contribution >= 4 is 17.3 Å². The Morgan fingerprint density at radius 1 is 1.45 bits per heavy atom. The second-order valence-corrected chi connectivity index (χ2v) is 5.72. The molecular formula is C15H13NO5S. The van der Waals surface area contributed by atoms with Crippen LogP contribution < -0.4 is 16.1 Å². The Morgan fingerprint density at radius 3 is 2.86 bits per heavy atom. The number of thiophene rings is 1. The highest BCUT2D eigenvalue weighted by molar-refractivity contribution is 7.10. The second kappa shape index (κ2) is 5.34. The SMILES string of the molecule is COC(=O)C1=C(N)Oc2cc(C)oc(=O)c2C1c1cccs1. The third kappa shape index (κ3) is 2.19. The molecule has 0 amide bonds. The average Bonchev–Trinajstić information content (AvgIpc) is 2.98. The molecule has 0 bridgehead atoms. The Labute approximate surface area is 129 Å². The fraction of sp³-hybridized carbons (Fsp3) is 0.200. The zero-order chi connectivity index (χ0) is 15.9. The van der Waals surface area contributed by atoms with Gasteiger partial charge in [0.2, 0.25) is 5.88 Å². The molecule has 1 aliphatic heterocycles. The van der Waals surface area contributed by atoms with Crippen molar-refractivity contribution in [1.29, 1.82) is 0 Å². The number of nitrogens with two attached hydrogens (primary N) is 1. The van der Waals surface area contributed by atoms with Crippen LogP contribution in [0.25, 0.3) is 0 Å². The molecule has 0 aliphatic carbocycles. The minimum absolute atomic E-state index is 0.0669. The first-order valence-corrected chi connectivity index (χ1v) is 7.34. The van der Waals surface area contributed by atoms with E-state index in [1.165, 1.54) is 18.4 Å². The predicted molar refractivity (Wildman–Crippen MR) is 79.7 cm³/mol. The van der Waals surface area contributed by atoms with E-state index < -0.39 is 17.5 Å². The van der Waals surface area contributed by atoms with Crippen molar-refractivity contribution in [2.24, 2.45) is 5.73 Å². The Kier molecular flexibility index (Phi) is 3.50. The molecule has 3 rings (SSSR count). The summed E-state index contributed by atoms with van der Waals surface area (Å²) in [7, 11) is 1.25. The lowest BCUT2D eigenvalue weighted by molar-refractivity contribution is -0.136. The maximum Gasteiger partial charge on any atom is 0.343 e. The van der Waals surface area contributed by atoms with E-state index in [1.807, 2.05) is 17.5 Å². The molecule has 1 atom stereocenters. The maximum atomic E-state index is 12.3.